The highest BCUT2D eigenvalue weighted by Gasteiger charge is 2.43. The summed E-state index contributed by atoms with van der Waals surface area (Å²) in [7, 11) is 0. The number of carbonyl (C=O) groups is 1. The first-order chi connectivity index (χ1) is 15.7. The average Bonchev–Trinajstić information content (AvgIpc) is 3.48. The van der Waals surface area contributed by atoms with Crippen LogP contribution in [-0.4, -0.2) is 39.9 Å². The Labute approximate surface area is 192 Å². The molecule has 3 heterocycles. The molecule has 1 saturated carbocycles. The van der Waals surface area contributed by atoms with Crippen LogP contribution in [0.3, 0.4) is 0 Å². The number of hydrogen-bond acceptors (Lipinski definition) is 6. The molecule has 5 rings (SSSR count). The third-order valence-corrected chi connectivity index (χ3v) is 7.43. The molecule has 174 valence electrons. The molecule has 3 aromatic rings. The van der Waals surface area contributed by atoms with Gasteiger partial charge in [0.1, 0.15) is 17.3 Å². The predicted octanol–water partition coefficient (Wildman–Crippen LogP) is 4.41. The zero-order valence-electron chi connectivity index (χ0n) is 17.9. The molecule has 10 heteroatoms. The fourth-order valence-electron chi connectivity index (χ4n) is 4.94. The lowest BCUT2D eigenvalue weighted by Gasteiger charge is -2.20. The van der Waals surface area contributed by atoms with E-state index in [1.807, 2.05) is 5.38 Å². The van der Waals surface area contributed by atoms with Gasteiger partial charge in [0.2, 0.25) is 5.88 Å². The SMILES string of the molecule is Cc1nc(OCc2ccc(C(=O)N3CC4CCC(N)C4C3)cc2C(F)(F)F)c2ccsc2n1. The number of nitrogens with two attached hydrogens (primary N) is 1. The minimum absolute atomic E-state index is 0.0257. The minimum atomic E-state index is -4.63. The average molecular weight is 477 g/mol. The Kier molecular flexibility index (Phi) is 5.52. The van der Waals surface area contributed by atoms with E-state index in [0.29, 0.717) is 35.0 Å². The number of rotatable bonds is 4. The summed E-state index contributed by atoms with van der Waals surface area (Å²) >= 11 is 1.41. The predicted molar refractivity (Wildman–Crippen MR) is 118 cm³/mol. The molecular formula is C23H23F3N4O2S. The Morgan fingerprint density at radius 1 is 1.24 bits per heavy atom. The van der Waals surface area contributed by atoms with Crippen LogP contribution in [0.1, 0.15) is 40.2 Å². The Morgan fingerprint density at radius 3 is 2.82 bits per heavy atom. The Balaban J connectivity index is 1.38. The fraction of sp³-hybridized carbons (Fsp3) is 0.435. The van der Waals surface area contributed by atoms with Gasteiger partial charge in [-0.25, -0.2) is 4.98 Å². The van der Waals surface area contributed by atoms with Crippen molar-refractivity contribution in [3.63, 3.8) is 0 Å². The number of halogens is 3. The Bertz CT molecular complexity index is 1210. The molecule has 1 aliphatic heterocycles. The summed E-state index contributed by atoms with van der Waals surface area (Å²) in [5.74, 6) is 0.901. The van der Waals surface area contributed by atoms with Crippen LogP contribution in [0.15, 0.2) is 29.6 Å². The van der Waals surface area contributed by atoms with Crippen molar-refractivity contribution in [1.29, 1.82) is 0 Å². The number of alkyl halides is 3. The Hall–Kier alpha value is -2.72. The van der Waals surface area contributed by atoms with Crippen LogP contribution < -0.4 is 10.5 Å². The van der Waals surface area contributed by atoms with Crippen molar-refractivity contribution in [3.05, 3.63) is 52.2 Å². The maximum atomic E-state index is 13.9. The minimum Gasteiger partial charge on any atom is -0.472 e. The molecule has 3 atom stereocenters. The zero-order chi connectivity index (χ0) is 23.3. The van der Waals surface area contributed by atoms with Crippen molar-refractivity contribution in [2.75, 3.05) is 13.1 Å². The molecule has 3 unspecified atom stereocenters. The van der Waals surface area contributed by atoms with Gasteiger partial charge in [-0.15, -0.1) is 11.3 Å². The molecule has 2 N–H and O–H groups in total. The molecule has 0 spiro atoms. The number of nitrogens with zero attached hydrogens (tertiary/aromatic N) is 3. The standard InChI is InChI=1S/C23H23F3N4O2S/c1-12-28-20(16-6-7-33-21(16)29-12)32-11-15-3-2-13(8-18(15)23(24,25)26)22(31)30-9-14-4-5-19(27)17(14)10-30/h2-3,6-8,14,17,19H,4-5,9-11,27H2,1H3. The third kappa shape index (κ3) is 4.17. The van der Waals surface area contributed by atoms with E-state index in [-0.39, 0.29) is 41.5 Å². The molecule has 2 aromatic heterocycles. The van der Waals surface area contributed by atoms with Gasteiger partial charge in [0.15, 0.2) is 0 Å². The molecule has 2 aliphatic rings. The van der Waals surface area contributed by atoms with Gasteiger partial charge >= 0.3 is 6.18 Å². The van der Waals surface area contributed by atoms with Gasteiger partial charge in [0.25, 0.3) is 5.91 Å². The summed E-state index contributed by atoms with van der Waals surface area (Å²) in [5.41, 5.74) is 5.22. The second-order valence-corrected chi connectivity index (χ2v) is 9.64. The van der Waals surface area contributed by atoms with Crippen molar-refractivity contribution in [3.8, 4) is 5.88 Å². The molecular weight excluding hydrogens is 453 g/mol. The number of ether oxygens (including phenoxy) is 1. The van der Waals surface area contributed by atoms with Gasteiger partial charge < -0.3 is 15.4 Å². The van der Waals surface area contributed by atoms with Crippen molar-refractivity contribution < 1.29 is 22.7 Å². The van der Waals surface area contributed by atoms with E-state index in [9.17, 15) is 18.0 Å². The van der Waals surface area contributed by atoms with Crippen molar-refractivity contribution >= 4 is 27.5 Å². The van der Waals surface area contributed by atoms with E-state index in [0.717, 1.165) is 18.9 Å². The van der Waals surface area contributed by atoms with Crippen LogP contribution in [0.5, 0.6) is 5.88 Å². The van der Waals surface area contributed by atoms with E-state index in [1.165, 1.54) is 23.5 Å². The van der Waals surface area contributed by atoms with Crippen LogP contribution in [0.2, 0.25) is 0 Å². The molecule has 1 aliphatic carbocycles. The fourth-order valence-corrected chi connectivity index (χ4v) is 5.74. The maximum Gasteiger partial charge on any atom is 0.416 e. The van der Waals surface area contributed by atoms with Crippen molar-refractivity contribution in [2.45, 2.75) is 38.6 Å². The number of aryl methyl sites for hydroxylation is 1. The Morgan fingerprint density at radius 2 is 2.06 bits per heavy atom. The molecule has 1 aromatic carbocycles. The molecule has 6 nitrogen and oxygen atoms in total. The molecule has 1 saturated heterocycles. The maximum absolute atomic E-state index is 13.9. The van der Waals surface area contributed by atoms with Gasteiger partial charge in [-0.1, -0.05) is 6.07 Å². The highest BCUT2D eigenvalue weighted by Crippen LogP contribution is 2.38. The lowest BCUT2D eigenvalue weighted by atomic mass is 9.98. The van der Waals surface area contributed by atoms with E-state index >= 15 is 0 Å². The number of thiophene rings is 1. The van der Waals surface area contributed by atoms with E-state index < -0.39 is 11.7 Å². The summed E-state index contributed by atoms with van der Waals surface area (Å²) < 4.78 is 47.3. The molecule has 2 fully saturated rings. The van der Waals surface area contributed by atoms with Gasteiger partial charge in [0.05, 0.1) is 10.9 Å². The zero-order valence-corrected chi connectivity index (χ0v) is 18.7. The lowest BCUT2D eigenvalue weighted by Crippen LogP contribution is -2.33. The van der Waals surface area contributed by atoms with Crippen molar-refractivity contribution in [2.24, 2.45) is 17.6 Å². The number of aromatic nitrogens is 2. The second-order valence-electron chi connectivity index (χ2n) is 8.75. The summed E-state index contributed by atoms with van der Waals surface area (Å²) in [5, 5.41) is 2.48. The van der Waals surface area contributed by atoms with Crippen molar-refractivity contribution in [1.82, 2.24) is 14.9 Å². The van der Waals surface area contributed by atoms with Crippen LogP contribution in [0.25, 0.3) is 10.2 Å². The highest BCUT2D eigenvalue weighted by molar-refractivity contribution is 7.16. The first-order valence-electron chi connectivity index (χ1n) is 10.8. The van der Waals surface area contributed by atoms with Gasteiger partial charge in [0, 0.05) is 30.3 Å². The number of benzene rings is 1. The van der Waals surface area contributed by atoms with Crippen LogP contribution in [0, 0.1) is 18.8 Å². The molecule has 0 radical (unpaired) electrons. The number of carbonyl (C=O) groups excluding carboxylic acids is 1. The molecule has 0 bridgehead atoms. The van der Waals surface area contributed by atoms with Crippen LogP contribution in [-0.2, 0) is 12.8 Å². The van der Waals surface area contributed by atoms with E-state index in [1.54, 1.807) is 17.9 Å². The number of likely N-dealkylation sites (tertiary alicyclic amines) is 1. The second kappa shape index (κ2) is 8.25. The topological polar surface area (TPSA) is 81.3 Å². The first kappa shape index (κ1) is 22.1. The number of hydrogen-bond donors (Lipinski definition) is 1. The quantitative estimate of drug-likeness (QED) is 0.604. The van der Waals surface area contributed by atoms with Gasteiger partial charge in [-0.3, -0.25) is 4.79 Å². The monoisotopic (exact) mass is 476 g/mol. The van der Waals surface area contributed by atoms with Crippen LogP contribution in [0.4, 0.5) is 13.2 Å². The largest absolute Gasteiger partial charge is 0.472 e. The normalized spacial score (nSPS) is 22.7. The number of fused-ring (bicyclic) bond motifs is 2. The van der Waals surface area contributed by atoms with Gasteiger partial charge in [-0.2, -0.15) is 18.2 Å². The van der Waals surface area contributed by atoms with E-state index in [4.69, 9.17) is 10.5 Å². The third-order valence-electron chi connectivity index (χ3n) is 6.63. The molecule has 1 amide bonds. The highest BCUT2D eigenvalue weighted by atomic mass is 32.1. The lowest BCUT2D eigenvalue weighted by molar-refractivity contribution is -0.138. The smallest absolute Gasteiger partial charge is 0.416 e. The van der Waals surface area contributed by atoms with Gasteiger partial charge in [-0.05, 0) is 55.2 Å². The summed E-state index contributed by atoms with van der Waals surface area (Å²) in [4.78, 5) is 23.9. The molecule has 33 heavy (non-hydrogen) atoms. The summed E-state index contributed by atoms with van der Waals surface area (Å²) in [6.07, 6.45) is -2.73. The van der Waals surface area contributed by atoms with E-state index in [2.05, 4.69) is 9.97 Å². The summed E-state index contributed by atoms with van der Waals surface area (Å²) in [6.45, 7) is 2.42. The number of amides is 1. The summed E-state index contributed by atoms with van der Waals surface area (Å²) in [6, 6.07) is 5.52. The first-order valence-corrected chi connectivity index (χ1v) is 11.7. The van der Waals surface area contributed by atoms with Crippen LogP contribution >= 0.6 is 11.3 Å².